The molecule has 0 spiro atoms. The number of benzene rings is 2. The highest BCUT2D eigenvalue weighted by molar-refractivity contribution is 5.65. The van der Waals surface area contributed by atoms with E-state index in [0.29, 0.717) is 24.2 Å². The summed E-state index contributed by atoms with van der Waals surface area (Å²) >= 11 is 0. The fraction of sp³-hybridized carbons (Fsp3) is 0.143. The third-order valence-electron chi connectivity index (χ3n) is 2.68. The minimum Gasteiger partial charge on any atom is -0.397 e. The summed E-state index contributed by atoms with van der Waals surface area (Å²) in [6, 6.07) is 10.8. The van der Waals surface area contributed by atoms with Crippen molar-refractivity contribution in [3.63, 3.8) is 0 Å². The summed E-state index contributed by atoms with van der Waals surface area (Å²) in [5.74, 6) is -0.815. The quantitative estimate of drug-likeness (QED) is 0.815. The molecule has 0 unspecified atom stereocenters. The molecule has 0 heterocycles. The van der Waals surface area contributed by atoms with Crippen LogP contribution < -0.4 is 11.1 Å². The number of nitrogen functional groups attached to an aromatic ring is 1. The molecule has 4 heteroatoms. The maximum atomic E-state index is 13.4. The Morgan fingerprint density at radius 3 is 2.61 bits per heavy atom. The summed E-state index contributed by atoms with van der Waals surface area (Å²) in [5.41, 5.74) is 7.55. The molecule has 0 aliphatic carbocycles. The van der Waals surface area contributed by atoms with Crippen molar-refractivity contribution in [3.8, 4) is 0 Å². The molecule has 0 amide bonds. The van der Waals surface area contributed by atoms with Gasteiger partial charge in [0.05, 0.1) is 11.4 Å². The van der Waals surface area contributed by atoms with Gasteiger partial charge >= 0.3 is 0 Å². The van der Waals surface area contributed by atoms with Gasteiger partial charge in [-0.3, -0.25) is 0 Å². The number of rotatable bonds is 4. The highest BCUT2D eigenvalue weighted by Gasteiger charge is 2.04. The number of para-hydroxylation sites is 2. The third-order valence-corrected chi connectivity index (χ3v) is 2.68. The van der Waals surface area contributed by atoms with Crippen molar-refractivity contribution in [2.45, 2.75) is 6.42 Å². The molecular formula is C14H14F2N2. The Morgan fingerprint density at radius 2 is 1.83 bits per heavy atom. The van der Waals surface area contributed by atoms with Gasteiger partial charge in [-0.2, -0.15) is 0 Å². The zero-order valence-corrected chi connectivity index (χ0v) is 9.79. The second kappa shape index (κ2) is 5.49. The van der Waals surface area contributed by atoms with E-state index in [1.807, 2.05) is 18.2 Å². The summed E-state index contributed by atoms with van der Waals surface area (Å²) in [6.07, 6.45) is 0.401. The van der Waals surface area contributed by atoms with Gasteiger partial charge in [0.15, 0.2) is 0 Å². The van der Waals surface area contributed by atoms with Crippen LogP contribution in [0.5, 0.6) is 0 Å². The van der Waals surface area contributed by atoms with Crippen molar-refractivity contribution in [1.82, 2.24) is 0 Å². The molecule has 2 aromatic carbocycles. The maximum absolute atomic E-state index is 13.4. The third kappa shape index (κ3) is 2.97. The molecule has 2 rings (SSSR count). The molecule has 0 saturated carbocycles. The van der Waals surface area contributed by atoms with Crippen LogP contribution in [0.3, 0.4) is 0 Å². The van der Waals surface area contributed by atoms with Crippen LogP contribution in [-0.4, -0.2) is 6.54 Å². The van der Waals surface area contributed by atoms with Gasteiger partial charge in [0.1, 0.15) is 11.6 Å². The molecule has 0 saturated heterocycles. The highest BCUT2D eigenvalue weighted by atomic mass is 19.1. The predicted molar refractivity (Wildman–Crippen MR) is 69.4 cm³/mol. The zero-order chi connectivity index (χ0) is 13.0. The smallest absolute Gasteiger partial charge is 0.126 e. The van der Waals surface area contributed by atoms with Crippen LogP contribution >= 0.6 is 0 Å². The summed E-state index contributed by atoms with van der Waals surface area (Å²) in [4.78, 5) is 0. The van der Waals surface area contributed by atoms with E-state index in [2.05, 4.69) is 5.32 Å². The normalized spacial score (nSPS) is 10.3. The number of hydrogen-bond acceptors (Lipinski definition) is 2. The molecule has 0 radical (unpaired) electrons. The first-order valence-corrected chi connectivity index (χ1v) is 5.69. The molecule has 0 aromatic heterocycles. The van der Waals surface area contributed by atoms with Gasteiger partial charge in [-0.1, -0.05) is 12.1 Å². The second-order valence-electron chi connectivity index (χ2n) is 4.00. The molecule has 0 bridgehead atoms. The monoisotopic (exact) mass is 248 g/mol. The van der Waals surface area contributed by atoms with Crippen LogP contribution in [0.4, 0.5) is 20.2 Å². The number of halogens is 2. The molecule has 0 fully saturated rings. The predicted octanol–water partition coefficient (Wildman–Crippen LogP) is 3.20. The van der Waals surface area contributed by atoms with Crippen LogP contribution in [0, 0.1) is 11.6 Å². The first-order chi connectivity index (χ1) is 8.66. The van der Waals surface area contributed by atoms with E-state index in [1.165, 1.54) is 6.07 Å². The van der Waals surface area contributed by atoms with Gasteiger partial charge in [-0.15, -0.1) is 0 Å². The van der Waals surface area contributed by atoms with Gasteiger partial charge in [0.25, 0.3) is 0 Å². The molecule has 0 aliphatic rings. The van der Waals surface area contributed by atoms with Gasteiger partial charge in [-0.25, -0.2) is 8.78 Å². The largest absolute Gasteiger partial charge is 0.397 e. The fourth-order valence-electron chi connectivity index (χ4n) is 1.72. The lowest BCUT2D eigenvalue weighted by molar-refractivity contribution is 0.586. The lowest BCUT2D eigenvalue weighted by atomic mass is 10.1. The van der Waals surface area contributed by atoms with E-state index < -0.39 is 5.82 Å². The minimum absolute atomic E-state index is 0.358. The van der Waals surface area contributed by atoms with Crippen LogP contribution in [0.1, 0.15) is 5.56 Å². The number of anilines is 2. The zero-order valence-electron chi connectivity index (χ0n) is 9.79. The maximum Gasteiger partial charge on any atom is 0.126 e. The van der Waals surface area contributed by atoms with Gasteiger partial charge in [0, 0.05) is 6.54 Å². The van der Waals surface area contributed by atoms with E-state index in [1.54, 1.807) is 6.07 Å². The Kier molecular flexibility index (Phi) is 3.77. The Hall–Kier alpha value is -2.10. The Bertz CT molecular complexity index is 541. The minimum atomic E-state index is -0.425. The SMILES string of the molecule is Nc1ccccc1NCCc1cc(F)ccc1F. The van der Waals surface area contributed by atoms with Crippen LogP contribution in [0.15, 0.2) is 42.5 Å². The summed E-state index contributed by atoms with van der Waals surface area (Å²) in [5, 5.41) is 3.09. The van der Waals surface area contributed by atoms with Crippen LogP contribution in [-0.2, 0) is 6.42 Å². The first kappa shape index (κ1) is 12.4. The summed E-state index contributed by atoms with van der Waals surface area (Å²) < 4.78 is 26.3. The van der Waals surface area contributed by atoms with Gasteiger partial charge in [-0.05, 0) is 42.3 Å². The summed E-state index contributed by atoms with van der Waals surface area (Å²) in [7, 11) is 0. The molecule has 2 nitrogen and oxygen atoms in total. The average molecular weight is 248 g/mol. The van der Waals surface area contributed by atoms with Gasteiger partial charge in [0.2, 0.25) is 0 Å². The van der Waals surface area contributed by atoms with Crippen molar-refractivity contribution in [1.29, 1.82) is 0 Å². The fourth-order valence-corrected chi connectivity index (χ4v) is 1.72. The molecular weight excluding hydrogens is 234 g/mol. The molecule has 0 atom stereocenters. The summed E-state index contributed by atoms with van der Waals surface area (Å²) in [6.45, 7) is 0.495. The van der Waals surface area contributed by atoms with Crippen molar-refractivity contribution in [3.05, 3.63) is 59.7 Å². The molecule has 18 heavy (non-hydrogen) atoms. The molecule has 3 N–H and O–H groups in total. The van der Waals surface area contributed by atoms with E-state index in [-0.39, 0.29) is 5.82 Å². The molecule has 2 aromatic rings. The average Bonchev–Trinajstić information content (AvgIpc) is 2.36. The number of hydrogen-bond donors (Lipinski definition) is 2. The van der Waals surface area contributed by atoms with Crippen molar-refractivity contribution in [2.75, 3.05) is 17.6 Å². The Labute approximate surface area is 104 Å². The lowest BCUT2D eigenvalue weighted by Gasteiger charge is -2.09. The molecule has 94 valence electrons. The van der Waals surface area contributed by atoms with Gasteiger partial charge < -0.3 is 11.1 Å². The lowest BCUT2D eigenvalue weighted by Crippen LogP contribution is -2.08. The number of nitrogens with two attached hydrogens (primary N) is 1. The molecule has 0 aliphatic heterocycles. The number of nitrogens with one attached hydrogen (secondary N) is 1. The van der Waals surface area contributed by atoms with Crippen LogP contribution in [0.2, 0.25) is 0 Å². The van der Waals surface area contributed by atoms with E-state index in [9.17, 15) is 8.78 Å². The first-order valence-electron chi connectivity index (χ1n) is 5.69. The van der Waals surface area contributed by atoms with E-state index in [4.69, 9.17) is 5.73 Å². The highest BCUT2D eigenvalue weighted by Crippen LogP contribution is 2.17. The van der Waals surface area contributed by atoms with E-state index in [0.717, 1.165) is 17.8 Å². The van der Waals surface area contributed by atoms with Crippen molar-refractivity contribution in [2.24, 2.45) is 0 Å². The van der Waals surface area contributed by atoms with Crippen molar-refractivity contribution < 1.29 is 8.78 Å². The van der Waals surface area contributed by atoms with Crippen LogP contribution in [0.25, 0.3) is 0 Å². The van der Waals surface area contributed by atoms with E-state index >= 15 is 0 Å². The Balaban J connectivity index is 1.96. The Morgan fingerprint density at radius 1 is 1.06 bits per heavy atom. The van der Waals surface area contributed by atoms with Crippen molar-refractivity contribution >= 4 is 11.4 Å². The second-order valence-corrected chi connectivity index (χ2v) is 4.00. The topological polar surface area (TPSA) is 38.0 Å². The standard InChI is InChI=1S/C14H14F2N2/c15-11-5-6-12(16)10(9-11)7-8-18-14-4-2-1-3-13(14)17/h1-6,9,18H,7-8,17H2.